The second kappa shape index (κ2) is 4.44. The van der Waals surface area contributed by atoms with E-state index in [1.54, 1.807) is 7.11 Å². The third-order valence-corrected chi connectivity index (χ3v) is 3.70. The summed E-state index contributed by atoms with van der Waals surface area (Å²) in [7, 11) is 1.66. The van der Waals surface area contributed by atoms with E-state index in [1.165, 1.54) is 0 Å². The van der Waals surface area contributed by atoms with Crippen LogP contribution in [-0.2, 0) is 10.3 Å². The summed E-state index contributed by atoms with van der Waals surface area (Å²) >= 11 is 0. The highest BCUT2D eigenvalue weighted by Gasteiger charge is 2.43. The van der Waals surface area contributed by atoms with Crippen LogP contribution in [0.3, 0.4) is 0 Å². The lowest BCUT2D eigenvalue weighted by Gasteiger charge is -2.21. The molecule has 0 radical (unpaired) electrons. The van der Waals surface area contributed by atoms with Crippen molar-refractivity contribution in [2.24, 2.45) is 5.73 Å². The van der Waals surface area contributed by atoms with Crippen LogP contribution in [0, 0.1) is 0 Å². The molecule has 1 heterocycles. The fourth-order valence-electron chi connectivity index (χ4n) is 2.37. The van der Waals surface area contributed by atoms with Crippen LogP contribution in [0.2, 0.25) is 0 Å². The summed E-state index contributed by atoms with van der Waals surface area (Å²) in [4.78, 5) is 0. The van der Waals surface area contributed by atoms with Gasteiger partial charge in [0.1, 0.15) is 6.10 Å². The molecular weight excluding hydrogens is 230 g/mol. The van der Waals surface area contributed by atoms with Gasteiger partial charge in [0.05, 0.1) is 20.3 Å². The molecule has 4 heteroatoms. The van der Waals surface area contributed by atoms with E-state index in [9.17, 15) is 0 Å². The first-order valence-corrected chi connectivity index (χ1v) is 6.44. The molecule has 0 spiro atoms. The smallest absolute Gasteiger partial charge is 0.166 e. The Balaban J connectivity index is 1.93. The normalized spacial score (nSPS) is 24.9. The van der Waals surface area contributed by atoms with Gasteiger partial charge in [-0.2, -0.15) is 0 Å². The minimum atomic E-state index is -0.219. The zero-order valence-electron chi connectivity index (χ0n) is 10.6. The van der Waals surface area contributed by atoms with Gasteiger partial charge < -0.3 is 19.9 Å². The number of hydrogen-bond acceptors (Lipinski definition) is 4. The maximum Gasteiger partial charge on any atom is 0.166 e. The second-order valence-corrected chi connectivity index (χ2v) is 5.10. The van der Waals surface area contributed by atoms with E-state index in [-0.39, 0.29) is 11.6 Å². The van der Waals surface area contributed by atoms with Crippen molar-refractivity contribution >= 4 is 0 Å². The molecule has 1 atom stereocenters. The molecule has 2 N–H and O–H groups in total. The number of ether oxygens (including phenoxy) is 3. The molecule has 3 rings (SSSR count). The molecule has 98 valence electrons. The lowest BCUT2D eigenvalue weighted by Crippen LogP contribution is -2.23. The second-order valence-electron chi connectivity index (χ2n) is 5.10. The average molecular weight is 249 g/mol. The SMILES string of the molecule is COc1cccc(C2(N)CC2)c1OC1CCOC1. The van der Waals surface area contributed by atoms with E-state index in [2.05, 4.69) is 0 Å². The van der Waals surface area contributed by atoms with Crippen molar-refractivity contribution in [2.45, 2.75) is 30.9 Å². The van der Waals surface area contributed by atoms with Crippen LogP contribution in [0.5, 0.6) is 11.5 Å². The quantitative estimate of drug-likeness (QED) is 0.884. The van der Waals surface area contributed by atoms with Crippen molar-refractivity contribution in [1.82, 2.24) is 0 Å². The molecule has 1 aromatic carbocycles. The number of methoxy groups -OCH3 is 1. The van der Waals surface area contributed by atoms with Gasteiger partial charge in [0.25, 0.3) is 0 Å². The third-order valence-electron chi connectivity index (χ3n) is 3.70. The summed E-state index contributed by atoms with van der Waals surface area (Å²) in [6.45, 7) is 1.41. The average Bonchev–Trinajstić information content (AvgIpc) is 2.92. The Labute approximate surface area is 107 Å². The molecule has 0 bridgehead atoms. The maximum atomic E-state index is 6.30. The van der Waals surface area contributed by atoms with E-state index >= 15 is 0 Å². The summed E-state index contributed by atoms with van der Waals surface area (Å²) < 4.78 is 16.8. The van der Waals surface area contributed by atoms with Crippen LogP contribution >= 0.6 is 0 Å². The minimum absolute atomic E-state index is 0.113. The highest BCUT2D eigenvalue weighted by molar-refractivity contribution is 5.51. The number of nitrogens with two attached hydrogens (primary N) is 1. The Kier molecular flexibility index (Phi) is 2.92. The van der Waals surface area contributed by atoms with E-state index < -0.39 is 0 Å². The van der Waals surface area contributed by atoms with Crippen LogP contribution in [0.1, 0.15) is 24.8 Å². The topological polar surface area (TPSA) is 53.7 Å². The molecule has 1 aliphatic heterocycles. The van der Waals surface area contributed by atoms with Crippen LogP contribution < -0.4 is 15.2 Å². The molecule has 0 aromatic heterocycles. The Bertz CT molecular complexity index is 437. The number of benzene rings is 1. The van der Waals surface area contributed by atoms with Crippen LogP contribution in [0.4, 0.5) is 0 Å². The van der Waals surface area contributed by atoms with Crippen LogP contribution in [0.25, 0.3) is 0 Å². The molecule has 2 aliphatic rings. The lowest BCUT2D eigenvalue weighted by molar-refractivity contribution is 0.137. The molecular formula is C14H19NO3. The monoisotopic (exact) mass is 249 g/mol. The molecule has 1 aliphatic carbocycles. The van der Waals surface area contributed by atoms with E-state index in [0.29, 0.717) is 6.61 Å². The number of para-hydroxylation sites is 1. The van der Waals surface area contributed by atoms with Crippen molar-refractivity contribution in [1.29, 1.82) is 0 Å². The van der Waals surface area contributed by atoms with Gasteiger partial charge in [0.15, 0.2) is 11.5 Å². The predicted molar refractivity (Wildman–Crippen MR) is 67.9 cm³/mol. The zero-order valence-corrected chi connectivity index (χ0v) is 10.6. The first-order chi connectivity index (χ1) is 8.73. The number of rotatable bonds is 4. The molecule has 1 aromatic rings. The Hall–Kier alpha value is -1.26. The largest absolute Gasteiger partial charge is 0.493 e. The Morgan fingerprint density at radius 3 is 2.83 bits per heavy atom. The van der Waals surface area contributed by atoms with Gasteiger partial charge in [-0.15, -0.1) is 0 Å². The molecule has 0 amide bonds. The van der Waals surface area contributed by atoms with Crippen LogP contribution in [0.15, 0.2) is 18.2 Å². The van der Waals surface area contributed by atoms with Gasteiger partial charge in [-0.3, -0.25) is 0 Å². The molecule has 4 nitrogen and oxygen atoms in total. The maximum absolute atomic E-state index is 6.30. The summed E-state index contributed by atoms with van der Waals surface area (Å²) in [5, 5.41) is 0. The standard InChI is InChI=1S/C14H19NO3/c1-16-12-4-2-3-11(14(15)6-7-14)13(12)18-10-5-8-17-9-10/h2-4,10H,5-9,15H2,1H3. The highest BCUT2D eigenvalue weighted by Crippen LogP contribution is 2.49. The van der Waals surface area contributed by atoms with Gasteiger partial charge in [-0.25, -0.2) is 0 Å². The summed E-state index contributed by atoms with van der Waals surface area (Å²) in [5.41, 5.74) is 7.14. The van der Waals surface area contributed by atoms with Gasteiger partial charge in [-0.05, 0) is 18.9 Å². The van der Waals surface area contributed by atoms with E-state index in [4.69, 9.17) is 19.9 Å². The van der Waals surface area contributed by atoms with Crippen molar-refractivity contribution < 1.29 is 14.2 Å². The summed E-state index contributed by atoms with van der Waals surface area (Å²) in [5.74, 6) is 1.56. The molecule has 1 unspecified atom stereocenters. The summed E-state index contributed by atoms with van der Waals surface area (Å²) in [6.07, 6.45) is 3.06. The fraction of sp³-hybridized carbons (Fsp3) is 0.571. The lowest BCUT2D eigenvalue weighted by atomic mass is 10.0. The van der Waals surface area contributed by atoms with Gasteiger partial charge in [0, 0.05) is 17.5 Å². The number of hydrogen-bond donors (Lipinski definition) is 1. The Morgan fingerprint density at radius 2 is 2.22 bits per heavy atom. The first kappa shape index (κ1) is 11.8. The minimum Gasteiger partial charge on any atom is -0.493 e. The Morgan fingerprint density at radius 1 is 1.39 bits per heavy atom. The predicted octanol–water partition coefficient (Wildman–Crippen LogP) is 1.81. The van der Waals surface area contributed by atoms with Gasteiger partial charge in [0.2, 0.25) is 0 Å². The zero-order chi connectivity index (χ0) is 12.6. The fourth-order valence-corrected chi connectivity index (χ4v) is 2.37. The van der Waals surface area contributed by atoms with E-state index in [1.807, 2.05) is 18.2 Å². The molecule has 1 saturated carbocycles. The highest BCUT2D eigenvalue weighted by atomic mass is 16.6. The van der Waals surface area contributed by atoms with Crippen molar-refractivity contribution in [3.8, 4) is 11.5 Å². The summed E-state index contributed by atoms with van der Waals surface area (Å²) in [6, 6.07) is 5.93. The van der Waals surface area contributed by atoms with E-state index in [0.717, 1.165) is 42.9 Å². The van der Waals surface area contributed by atoms with Crippen LogP contribution in [-0.4, -0.2) is 26.4 Å². The first-order valence-electron chi connectivity index (χ1n) is 6.44. The van der Waals surface area contributed by atoms with Gasteiger partial charge in [-0.1, -0.05) is 12.1 Å². The third kappa shape index (κ3) is 2.06. The van der Waals surface area contributed by atoms with Crippen molar-refractivity contribution in [3.05, 3.63) is 23.8 Å². The van der Waals surface area contributed by atoms with Crippen molar-refractivity contribution in [3.63, 3.8) is 0 Å². The van der Waals surface area contributed by atoms with Gasteiger partial charge >= 0.3 is 0 Å². The molecule has 1 saturated heterocycles. The molecule has 18 heavy (non-hydrogen) atoms. The molecule has 2 fully saturated rings. The van der Waals surface area contributed by atoms with Crippen molar-refractivity contribution in [2.75, 3.05) is 20.3 Å².